The summed E-state index contributed by atoms with van der Waals surface area (Å²) in [5, 5.41) is 10.9. The Labute approximate surface area is 259 Å². The Morgan fingerprint density at radius 1 is 0.956 bits per heavy atom. The van der Waals surface area contributed by atoms with E-state index in [2.05, 4.69) is 6.07 Å². The van der Waals surface area contributed by atoms with Crippen LogP contribution in [0.5, 0.6) is 5.75 Å². The Kier molecular flexibility index (Phi) is 7.02. The first-order chi connectivity index (χ1) is 21.7. The molecule has 1 aliphatic heterocycles. The van der Waals surface area contributed by atoms with Crippen molar-refractivity contribution in [1.29, 1.82) is 0 Å². The quantitative estimate of drug-likeness (QED) is 0.144. The molecule has 0 saturated heterocycles. The second kappa shape index (κ2) is 11.1. The molecule has 0 radical (unpaired) electrons. The summed E-state index contributed by atoms with van der Waals surface area (Å²) in [5.41, 5.74) is 5.02. The first-order valence-electron chi connectivity index (χ1n) is 13.9. The zero-order valence-corrected chi connectivity index (χ0v) is 24.9. The Morgan fingerprint density at radius 2 is 1.67 bits per heavy atom. The maximum absolute atomic E-state index is 13.9. The van der Waals surface area contributed by atoms with Crippen molar-refractivity contribution in [2.24, 2.45) is 4.99 Å². The van der Waals surface area contributed by atoms with Crippen LogP contribution in [0.4, 0.5) is 10.1 Å². The van der Waals surface area contributed by atoms with Crippen LogP contribution in [-0.2, 0) is 16.5 Å². The zero-order chi connectivity index (χ0) is 31.3. The Morgan fingerprint density at radius 3 is 2.38 bits per heavy atom. The van der Waals surface area contributed by atoms with Gasteiger partial charge in [0.25, 0.3) is 11.2 Å². The van der Waals surface area contributed by atoms with Crippen LogP contribution in [-0.4, -0.2) is 17.9 Å². The largest absolute Gasteiger partial charge is 0.379 e. The summed E-state index contributed by atoms with van der Waals surface area (Å²) in [7, 11) is -4.23. The summed E-state index contributed by atoms with van der Waals surface area (Å²) in [4.78, 5) is 29.4. The van der Waals surface area contributed by atoms with Crippen molar-refractivity contribution in [3.8, 4) is 5.75 Å². The lowest BCUT2D eigenvalue weighted by Gasteiger charge is -2.30. The first kappa shape index (κ1) is 28.6. The van der Waals surface area contributed by atoms with Crippen molar-refractivity contribution in [3.63, 3.8) is 0 Å². The van der Waals surface area contributed by atoms with Gasteiger partial charge in [0.1, 0.15) is 16.5 Å². The van der Waals surface area contributed by atoms with Crippen molar-refractivity contribution in [2.75, 3.05) is 0 Å². The van der Waals surface area contributed by atoms with E-state index in [1.165, 1.54) is 41.2 Å². The molecule has 7 rings (SSSR count). The number of aromatic nitrogens is 1. The van der Waals surface area contributed by atoms with Crippen LogP contribution in [0.25, 0.3) is 11.8 Å². The van der Waals surface area contributed by atoms with E-state index in [9.17, 15) is 27.7 Å². The summed E-state index contributed by atoms with van der Waals surface area (Å²) >= 11 is 1.25. The molecule has 0 bridgehead atoms. The van der Waals surface area contributed by atoms with Gasteiger partial charge in [0.15, 0.2) is 4.80 Å². The average molecular weight is 640 g/mol. The molecule has 0 amide bonds. The fraction of sp³-hybridized carbons (Fsp3) is 0.0909. The Hall–Kier alpha value is -5.20. The predicted octanol–water partition coefficient (Wildman–Crippen LogP) is 5.13. The number of rotatable bonds is 6. The number of fused-ring (bicyclic) bond motifs is 3. The highest BCUT2D eigenvalue weighted by Gasteiger charge is 2.32. The lowest BCUT2D eigenvalue weighted by atomic mass is 9.83. The fourth-order valence-electron chi connectivity index (χ4n) is 5.65. The second-order valence-electron chi connectivity index (χ2n) is 10.5. The Bertz CT molecular complexity index is 2310. The van der Waals surface area contributed by atoms with Gasteiger partial charge in [-0.2, -0.15) is 8.42 Å². The molecular formula is C33H22FN3O6S2. The van der Waals surface area contributed by atoms with E-state index in [0.29, 0.717) is 21.3 Å². The van der Waals surface area contributed by atoms with Crippen LogP contribution in [0.3, 0.4) is 0 Å². The lowest BCUT2D eigenvalue weighted by Crippen LogP contribution is -2.38. The maximum Gasteiger partial charge on any atom is 0.339 e. The third kappa shape index (κ3) is 5.28. The minimum absolute atomic E-state index is 0.0367. The third-order valence-electron chi connectivity index (χ3n) is 7.78. The van der Waals surface area contributed by atoms with E-state index in [-0.39, 0.29) is 27.7 Å². The van der Waals surface area contributed by atoms with E-state index in [1.54, 1.807) is 34.9 Å². The van der Waals surface area contributed by atoms with Crippen molar-refractivity contribution < 1.29 is 21.9 Å². The van der Waals surface area contributed by atoms with Gasteiger partial charge >= 0.3 is 10.1 Å². The number of hydrogen-bond acceptors (Lipinski definition) is 8. The van der Waals surface area contributed by atoms with Gasteiger partial charge in [-0.15, -0.1) is 0 Å². The van der Waals surface area contributed by atoms with Crippen LogP contribution < -0.4 is 19.1 Å². The fourth-order valence-corrected chi connectivity index (χ4v) is 7.58. The highest BCUT2D eigenvalue weighted by atomic mass is 32.2. The number of non-ortho nitro benzene ring substituents is 1. The molecule has 1 atom stereocenters. The maximum atomic E-state index is 13.9. The molecule has 0 unspecified atom stereocenters. The molecule has 12 heteroatoms. The van der Waals surface area contributed by atoms with E-state index in [0.717, 1.165) is 53.1 Å². The van der Waals surface area contributed by atoms with E-state index in [4.69, 9.17) is 9.18 Å². The summed E-state index contributed by atoms with van der Waals surface area (Å²) in [6, 6.07) is 24.4. The van der Waals surface area contributed by atoms with Crippen molar-refractivity contribution in [2.45, 2.75) is 23.8 Å². The number of nitrogens with zero attached hydrogens (tertiary/aromatic N) is 3. The number of thiazole rings is 1. The minimum atomic E-state index is -4.23. The molecule has 45 heavy (non-hydrogen) atoms. The summed E-state index contributed by atoms with van der Waals surface area (Å²) in [6.07, 6.45) is 3.23. The minimum Gasteiger partial charge on any atom is -0.379 e. The van der Waals surface area contributed by atoms with Gasteiger partial charge in [-0.3, -0.25) is 19.5 Å². The topological polar surface area (TPSA) is 121 Å². The van der Waals surface area contributed by atoms with Gasteiger partial charge in [-0.1, -0.05) is 59.9 Å². The van der Waals surface area contributed by atoms with Gasteiger partial charge in [0.2, 0.25) is 0 Å². The van der Waals surface area contributed by atoms with Gasteiger partial charge in [0.05, 0.1) is 21.2 Å². The number of nitro groups is 1. The molecular weight excluding hydrogens is 618 g/mol. The summed E-state index contributed by atoms with van der Waals surface area (Å²) in [6.45, 7) is 0. The first-order valence-corrected chi connectivity index (χ1v) is 16.1. The standard InChI is InChI=1S/C33H22FN3O6S2/c34-23-10-7-22(8-11-23)31-28-18-9-21-3-1-2-4-27(21)30(28)35-33-36(31)32(38)29(44-33)19-20-5-14-25(15-6-20)43-45(41,42)26-16-12-24(13-17-26)37(39)40/h1-8,10-17,19,31H,9,18H2/b29-19+/t31-/m1/s1. The van der Waals surface area contributed by atoms with Crippen LogP contribution in [0.15, 0.2) is 117 Å². The number of allylic oxidation sites excluding steroid dienone is 1. The third-order valence-corrected chi connectivity index (χ3v) is 10.0. The lowest BCUT2D eigenvalue weighted by molar-refractivity contribution is -0.384. The van der Waals surface area contributed by atoms with Gasteiger partial charge in [-0.25, -0.2) is 9.38 Å². The molecule has 2 heterocycles. The van der Waals surface area contributed by atoms with Crippen molar-refractivity contribution in [1.82, 2.24) is 4.57 Å². The average Bonchev–Trinajstić information content (AvgIpc) is 3.35. The molecule has 4 aromatic carbocycles. The number of aryl methyl sites for hydroxylation is 1. The SMILES string of the molecule is O=c1/c(=C\c2ccc(OS(=O)(=O)c3ccc([N+](=O)[O-])cc3)cc2)sc2n1[C@H](c1ccc(F)cc1)C1=C(N=2)c2ccccc2CC1. The van der Waals surface area contributed by atoms with Gasteiger partial charge < -0.3 is 4.18 Å². The predicted molar refractivity (Wildman–Crippen MR) is 167 cm³/mol. The van der Waals surface area contributed by atoms with Gasteiger partial charge in [0, 0.05) is 17.7 Å². The van der Waals surface area contributed by atoms with Crippen LogP contribution in [0.1, 0.15) is 34.7 Å². The monoisotopic (exact) mass is 639 g/mol. The number of halogens is 1. The molecule has 0 fully saturated rings. The van der Waals surface area contributed by atoms with E-state index < -0.39 is 21.1 Å². The zero-order valence-electron chi connectivity index (χ0n) is 23.3. The number of benzene rings is 4. The highest BCUT2D eigenvalue weighted by Crippen LogP contribution is 2.41. The van der Waals surface area contributed by atoms with Crippen LogP contribution >= 0.6 is 11.3 Å². The summed E-state index contributed by atoms with van der Waals surface area (Å²) in [5.74, 6) is -0.322. The number of nitro benzene ring substituents is 1. The van der Waals surface area contributed by atoms with E-state index >= 15 is 0 Å². The molecule has 2 aliphatic rings. The Balaban J connectivity index is 1.25. The van der Waals surface area contributed by atoms with Crippen LogP contribution in [0, 0.1) is 15.9 Å². The van der Waals surface area contributed by atoms with Gasteiger partial charge in [-0.05, 0) is 77.6 Å². The molecule has 224 valence electrons. The number of hydrogen-bond donors (Lipinski definition) is 0. The molecule has 0 N–H and O–H groups in total. The normalized spacial score (nSPS) is 15.9. The molecule has 5 aromatic rings. The van der Waals surface area contributed by atoms with Crippen molar-refractivity contribution >= 4 is 38.9 Å². The highest BCUT2D eigenvalue weighted by molar-refractivity contribution is 7.87. The molecule has 1 aliphatic carbocycles. The molecule has 1 aromatic heterocycles. The molecule has 0 spiro atoms. The molecule has 0 saturated carbocycles. The summed E-state index contributed by atoms with van der Waals surface area (Å²) < 4.78 is 46.6. The van der Waals surface area contributed by atoms with Crippen LogP contribution in [0.2, 0.25) is 0 Å². The second-order valence-corrected chi connectivity index (χ2v) is 13.1. The van der Waals surface area contributed by atoms with Crippen molar-refractivity contribution in [3.05, 3.63) is 161 Å². The smallest absolute Gasteiger partial charge is 0.339 e. The van der Waals surface area contributed by atoms with E-state index in [1.807, 2.05) is 18.2 Å². The molecule has 9 nitrogen and oxygen atoms in total.